The summed E-state index contributed by atoms with van der Waals surface area (Å²) in [6.45, 7) is 6.56. The van der Waals surface area contributed by atoms with E-state index in [2.05, 4.69) is 6.07 Å². The van der Waals surface area contributed by atoms with Crippen molar-refractivity contribution in [2.24, 2.45) is 5.92 Å². The van der Waals surface area contributed by atoms with Gasteiger partial charge in [-0.25, -0.2) is 0 Å². The maximum Gasteiger partial charge on any atom is 0.303 e. The van der Waals surface area contributed by atoms with Gasteiger partial charge in [0.25, 0.3) is 0 Å². The zero-order chi connectivity index (χ0) is 24.1. The van der Waals surface area contributed by atoms with Crippen LogP contribution >= 0.6 is 0 Å². The van der Waals surface area contributed by atoms with Crippen molar-refractivity contribution in [2.75, 3.05) is 0 Å². The molecule has 0 saturated carbocycles. The average Bonchev–Trinajstić information content (AvgIpc) is 2.77. The molecule has 2 aromatic rings. The molecule has 33 heavy (non-hydrogen) atoms. The van der Waals surface area contributed by atoms with Gasteiger partial charge in [-0.15, -0.1) is 0 Å². The predicted octanol–water partition coefficient (Wildman–Crippen LogP) is 4.20. The maximum absolute atomic E-state index is 11.9. The molecule has 0 spiro atoms. The summed E-state index contributed by atoms with van der Waals surface area (Å²) in [4.78, 5) is 23.8. The van der Waals surface area contributed by atoms with Crippen LogP contribution in [0.2, 0.25) is 0 Å². The Hall–Kier alpha value is -3.37. The van der Waals surface area contributed by atoms with Crippen LogP contribution in [0.15, 0.2) is 42.5 Å². The van der Waals surface area contributed by atoms with E-state index in [9.17, 15) is 20.0 Å². The Balaban J connectivity index is 2.03. The molecule has 2 aromatic carbocycles. The Morgan fingerprint density at radius 1 is 1.06 bits per heavy atom. The summed E-state index contributed by atoms with van der Waals surface area (Å²) in [5.41, 5.74) is 2.96. The van der Waals surface area contributed by atoms with Gasteiger partial charge >= 0.3 is 11.9 Å². The number of nitrogens with zero attached hydrogens (tertiary/aromatic N) is 1. The fourth-order valence-electron chi connectivity index (χ4n) is 4.38. The number of benzene rings is 2. The van der Waals surface area contributed by atoms with Crippen LogP contribution in [0.3, 0.4) is 0 Å². The first-order valence-corrected chi connectivity index (χ1v) is 11.0. The molecule has 7 heteroatoms. The first kappa shape index (κ1) is 24.3. The summed E-state index contributed by atoms with van der Waals surface area (Å²) >= 11 is 0. The molecule has 1 aliphatic rings. The minimum Gasteiger partial charge on any atom is -0.508 e. The van der Waals surface area contributed by atoms with Gasteiger partial charge in [-0.05, 0) is 47.7 Å². The van der Waals surface area contributed by atoms with E-state index in [4.69, 9.17) is 14.2 Å². The second kappa shape index (κ2) is 10.5. The lowest BCUT2D eigenvalue weighted by Crippen LogP contribution is -2.52. The molecule has 1 N–H and O–H groups in total. The highest BCUT2D eigenvalue weighted by Crippen LogP contribution is 2.40. The molecule has 3 rings (SSSR count). The third-order valence-corrected chi connectivity index (χ3v) is 5.96. The van der Waals surface area contributed by atoms with Crippen molar-refractivity contribution >= 4 is 11.9 Å². The Kier molecular flexibility index (Phi) is 7.72. The van der Waals surface area contributed by atoms with Crippen molar-refractivity contribution in [1.29, 1.82) is 5.26 Å². The number of phenols is 1. The van der Waals surface area contributed by atoms with Gasteiger partial charge in [-0.3, -0.25) is 9.59 Å². The third-order valence-electron chi connectivity index (χ3n) is 5.96. The normalized spacial score (nSPS) is 24.5. The third kappa shape index (κ3) is 5.71. The fraction of sp³-hybridized carbons (Fsp3) is 0.423. The first-order chi connectivity index (χ1) is 15.7. The summed E-state index contributed by atoms with van der Waals surface area (Å²) in [6, 6.07) is 14.4. The molecule has 0 radical (unpaired) electrons. The smallest absolute Gasteiger partial charge is 0.303 e. The summed E-state index contributed by atoms with van der Waals surface area (Å²) < 4.78 is 17.6. The van der Waals surface area contributed by atoms with E-state index in [1.807, 2.05) is 19.9 Å². The number of carbonyl (C=O) groups is 2. The Labute approximate surface area is 193 Å². The van der Waals surface area contributed by atoms with Crippen LogP contribution in [0.4, 0.5) is 0 Å². The molecule has 0 bridgehead atoms. The zero-order valence-corrected chi connectivity index (χ0v) is 19.3. The number of hydrogen-bond acceptors (Lipinski definition) is 7. The monoisotopic (exact) mass is 451 g/mol. The first-order valence-electron chi connectivity index (χ1n) is 11.0. The van der Waals surface area contributed by atoms with Crippen LogP contribution in [0.1, 0.15) is 62.5 Å². The SMILES string of the molecule is CC[C@H]1O[C@@H](c2ccc(C#N)c(Cc3ccc(O)cc3)c2)[C@H](OC(C)=O)[C@@H](OC(C)=O)[C@@H]1C. The predicted molar refractivity (Wildman–Crippen MR) is 120 cm³/mol. The Bertz CT molecular complexity index is 1040. The number of ether oxygens (including phenoxy) is 3. The highest BCUT2D eigenvalue weighted by Gasteiger charge is 2.47. The number of phenolic OH excluding ortho intramolecular Hbond substituents is 1. The molecule has 1 saturated heterocycles. The van der Waals surface area contributed by atoms with E-state index in [0.717, 1.165) is 16.7 Å². The molecular weight excluding hydrogens is 422 g/mol. The van der Waals surface area contributed by atoms with Gasteiger partial charge in [0.2, 0.25) is 0 Å². The van der Waals surface area contributed by atoms with Crippen molar-refractivity contribution in [3.8, 4) is 11.8 Å². The minimum absolute atomic E-state index is 0.170. The van der Waals surface area contributed by atoms with E-state index >= 15 is 0 Å². The highest BCUT2D eigenvalue weighted by atomic mass is 16.6. The van der Waals surface area contributed by atoms with Gasteiger partial charge < -0.3 is 19.3 Å². The molecule has 1 heterocycles. The number of esters is 2. The lowest BCUT2D eigenvalue weighted by molar-refractivity contribution is -0.225. The Morgan fingerprint density at radius 2 is 1.70 bits per heavy atom. The van der Waals surface area contributed by atoms with Crippen LogP contribution < -0.4 is 0 Å². The van der Waals surface area contributed by atoms with Crippen LogP contribution in [0.25, 0.3) is 0 Å². The fourth-order valence-corrected chi connectivity index (χ4v) is 4.38. The van der Waals surface area contributed by atoms with Gasteiger partial charge in [0.1, 0.15) is 18.0 Å². The van der Waals surface area contributed by atoms with Crippen LogP contribution in [-0.4, -0.2) is 35.4 Å². The van der Waals surface area contributed by atoms with Gasteiger partial charge in [0, 0.05) is 19.8 Å². The molecule has 0 unspecified atom stereocenters. The average molecular weight is 452 g/mol. The molecule has 5 atom stereocenters. The molecular formula is C26H29NO6. The minimum atomic E-state index is -0.821. The summed E-state index contributed by atoms with van der Waals surface area (Å²) in [5.74, 6) is -0.948. The number of carbonyl (C=O) groups excluding carboxylic acids is 2. The second-order valence-corrected chi connectivity index (χ2v) is 8.38. The molecule has 0 aromatic heterocycles. The second-order valence-electron chi connectivity index (χ2n) is 8.38. The highest BCUT2D eigenvalue weighted by molar-refractivity contribution is 5.67. The van der Waals surface area contributed by atoms with Gasteiger partial charge in [-0.2, -0.15) is 5.26 Å². The maximum atomic E-state index is 11.9. The lowest BCUT2D eigenvalue weighted by atomic mass is 9.83. The van der Waals surface area contributed by atoms with Crippen molar-refractivity contribution < 1.29 is 28.9 Å². The van der Waals surface area contributed by atoms with Crippen LogP contribution in [-0.2, 0) is 30.2 Å². The van der Waals surface area contributed by atoms with Crippen molar-refractivity contribution in [2.45, 2.75) is 65.0 Å². The van der Waals surface area contributed by atoms with Crippen molar-refractivity contribution in [3.05, 3.63) is 64.7 Å². The summed E-state index contributed by atoms with van der Waals surface area (Å²) in [6.07, 6.45) is -1.18. The van der Waals surface area contributed by atoms with E-state index in [1.54, 1.807) is 36.4 Å². The largest absolute Gasteiger partial charge is 0.508 e. The summed E-state index contributed by atoms with van der Waals surface area (Å²) in [7, 11) is 0. The van der Waals surface area contributed by atoms with Gasteiger partial charge in [0.05, 0.1) is 17.7 Å². The van der Waals surface area contributed by atoms with Crippen LogP contribution in [0.5, 0.6) is 5.75 Å². The number of hydrogen-bond donors (Lipinski definition) is 1. The van der Waals surface area contributed by atoms with Gasteiger partial charge in [-0.1, -0.05) is 38.1 Å². The molecule has 1 aliphatic heterocycles. The Morgan fingerprint density at radius 3 is 2.27 bits per heavy atom. The van der Waals surface area contributed by atoms with Crippen molar-refractivity contribution in [1.82, 2.24) is 0 Å². The quantitative estimate of drug-likeness (QED) is 0.656. The molecule has 174 valence electrons. The molecule has 1 fully saturated rings. The summed E-state index contributed by atoms with van der Waals surface area (Å²) in [5, 5.41) is 19.2. The van der Waals surface area contributed by atoms with E-state index in [0.29, 0.717) is 18.4 Å². The lowest BCUT2D eigenvalue weighted by Gasteiger charge is -2.44. The van der Waals surface area contributed by atoms with E-state index in [1.165, 1.54) is 13.8 Å². The van der Waals surface area contributed by atoms with Gasteiger partial charge in [0.15, 0.2) is 6.10 Å². The number of aromatic hydroxyl groups is 1. The van der Waals surface area contributed by atoms with Crippen LogP contribution in [0, 0.1) is 17.2 Å². The van der Waals surface area contributed by atoms with E-state index in [-0.39, 0.29) is 17.8 Å². The topological polar surface area (TPSA) is 106 Å². The zero-order valence-electron chi connectivity index (χ0n) is 19.3. The molecule has 0 aliphatic carbocycles. The molecule has 0 amide bonds. The molecule has 7 nitrogen and oxygen atoms in total. The van der Waals surface area contributed by atoms with Crippen molar-refractivity contribution in [3.63, 3.8) is 0 Å². The van der Waals surface area contributed by atoms with E-state index < -0.39 is 30.3 Å². The number of rotatable bonds is 6. The standard InChI is InChI=1S/C26H29NO6/c1-5-23-15(2)24(31-16(3)28)26(32-17(4)29)25(33-23)19-8-9-20(14-27)21(13-19)12-18-6-10-22(30)11-7-18/h6-11,13,15,23-26,30H,5,12H2,1-4H3/t15-,23-,24+,25+,26-/m1/s1. The number of nitriles is 1.